The zero-order valence-corrected chi connectivity index (χ0v) is 7.25. The van der Waals surface area contributed by atoms with Crippen molar-refractivity contribution in [3.63, 3.8) is 0 Å². The second-order valence-electron chi connectivity index (χ2n) is 2.74. The molecular weight excluding hydrogens is 179 g/mol. The van der Waals surface area contributed by atoms with E-state index in [2.05, 4.69) is 10.1 Å². The van der Waals surface area contributed by atoms with E-state index >= 15 is 0 Å². The zero-order chi connectivity index (χ0) is 9.84. The first-order chi connectivity index (χ1) is 6.13. The number of hydrogen-bond donors (Lipinski definition) is 1. The average molecular weight is 190 g/mol. The molecule has 1 N–H and O–H groups in total. The van der Waals surface area contributed by atoms with Gasteiger partial charge in [0.25, 0.3) is 0 Å². The fourth-order valence-electron chi connectivity index (χ4n) is 0.922. The van der Waals surface area contributed by atoms with E-state index in [-0.39, 0.29) is 19.6 Å². The number of carbonyl (C=O) groups is 2. The summed E-state index contributed by atoms with van der Waals surface area (Å²) >= 11 is 0. The number of alkyl halides is 1. The Bertz CT molecular complexity index is 216. The van der Waals surface area contributed by atoms with Crippen molar-refractivity contribution in [3.8, 4) is 0 Å². The molecule has 0 radical (unpaired) electrons. The van der Waals surface area contributed by atoms with Gasteiger partial charge >= 0.3 is 12.0 Å². The van der Waals surface area contributed by atoms with Crippen LogP contribution in [0.3, 0.4) is 0 Å². The number of amides is 2. The molecule has 1 aliphatic heterocycles. The number of nitrogens with zero attached hydrogens (tertiary/aromatic N) is 1. The summed E-state index contributed by atoms with van der Waals surface area (Å²) in [7, 11) is 1.23. The molecule has 0 spiro atoms. The molecule has 0 aliphatic carbocycles. The van der Waals surface area contributed by atoms with Gasteiger partial charge in [-0.1, -0.05) is 0 Å². The molecule has 1 rings (SSSR count). The first-order valence-corrected chi connectivity index (χ1v) is 3.87. The minimum absolute atomic E-state index is 0.104. The van der Waals surface area contributed by atoms with Crippen LogP contribution < -0.4 is 5.32 Å². The Labute approximate surface area is 74.8 Å². The minimum atomic E-state index is -0.927. The quantitative estimate of drug-likeness (QED) is 0.598. The molecule has 6 heteroatoms. The molecule has 0 unspecified atom stereocenters. The summed E-state index contributed by atoms with van der Waals surface area (Å²) in [5, 5.41) is 2.30. The lowest BCUT2D eigenvalue weighted by Gasteiger charge is -2.33. The molecule has 0 bridgehead atoms. The SMILES string of the molecule is COC(=O)CNC(=O)N1CC(F)C1. The molecule has 0 saturated carbocycles. The summed E-state index contributed by atoms with van der Waals surface area (Å²) < 4.78 is 16.6. The third-order valence-corrected chi connectivity index (χ3v) is 1.74. The number of nitrogens with one attached hydrogen (secondary N) is 1. The third kappa shape index (κ3) is 2.57. The van der Waals surface area contributed by atoms with Crippen LogP contribution in [-0.4, -0.2) is 49.8 Å². The maximum absolute atomic E-state index is 12.3. The lowest BCUT2D eigenvalue weighted by atomic mass is 10.2. The number of rotatable bonds is 2. The maximum Gasteiger partial charge on any atom is 0.325 e. The molecule has 0 aromatic heterocycles. The molecule has 0 aromatic carbocycles. The van der Waals surface area contributed by atoms with Crippen molar-refractivity contribution >= 4 is 12.0 Å². The van der Waals surface area contributed by atoms with Crippen molar-refractivity contribution in [2.24, 2.45) is 0 Å². The highest BCUT2D eigenvalue weighted by molar-refractivity contribution is 5.81. The molecule has 13 heavy (non-hydrogen) atoms. The van der Waals surface area contributed by atoms with E-state index in [1.165, 1.54) is 12.0 Å². The lowest BCUT2D eigenvalue weighted by Crippen LogP contribution is -2.55. The van der Waals surface area contributed by atoms with Crippen molar-refractivity contribution in [2.45, 2.75) is 6.17 Å². The van der Waals surface area contributed by atoms with Crippen LogP contribution in [-0.2, 0) is 9.53 Å². The molecule has 5 nitrogen and oxygen atoms in total. The third-order valence-electron chi connectivity index (χ3n) is 1.74. The Kier molecular flexibility index (Phi) is 3.05. The topological polar surface area (TPSA) is 58.6 Å². The summed E-state index contributed by atoms with van der Waals surface area (Å²) in [6.07, 6.45) is -0.927. The van der Waals surface area contributed by atoms with E-state index in [4.69, 9.17) is 0 Å². The second kappa shape index (κ2) is 4.06. The van der Waals surface area contributed by atoms with Gasteiger partial charge in [0.15, 0.2) is 0 Å². The highest BCUT2D eigenvalue weighted by Crippen LogP contribution is 2.10. The largest absolute Gasteiger partial charge is 0.468 e. The van der Waals surface area contributed by atoms with E-state index in [0.29, 0.717) is 0 Å². The Morgan fingerprint density at radius 3 is 2.69 bits per heavy atom. The Balaban J connectivity index is 2.15. The molecule has 1 heterocycles. The van der Waals surface area contributed by atoms with Crippen molar-refractivity contribution in [1.82, 2.24) is 10.2 Å². The number of esters is 1. The van der Waals surface area contributed by atoms with Gasteiger partial charge in [0.1, 0.15) is 12.7 Å². The van der Waals surface area contributed by atoms with Gasteiger partial charge in [-0.25, -0.2) is 9.18 Å². The highest BCUT2D eigenvalue weighted by Gasteiger charge is 2.30. The first-order valence-electron chi connectivity index (χ1n) is 3.87. The van der Waals surface area contributed by atoms with E-state index in [9.17, 15) is 14.0 Å². The summed E-state index contributed by atoms with van der Waals surface area (Å²) in [6, 6.07) is -0.431. The van der Waals surface area contributed by atoms with Crippen molar-refractivity contribution < 1.29 is 18.7 Å². The summed E-state index contributed by atoms with van der Waals surface area (Å²) in [4.78, 5) is 22.9. The van der Waals surface area contributed by atoms with Crippen molar-refractivity contribution in [2.75, 3.05) is 26.7 Å². The van der Waals surface area contributed by atoms with E-state index in [1.807, 2.05) is 0 Å². The first kappa shape index (κ1) is 9.76. The number of hydrogen-bond acceptors (Lipinski definition) is 3. The number of likely N-dealkylation sites (tertiary alicyclic amines) is 1. The molecule has 1 aliphatic rings. The van der Waals surface area contributed by atoms with E-state index < -0.39 is 18.2 Å². The van der Waals surface area contributed by atoms with Gasteiger partial charge < -0.3 is 15.0 Å². The van der Waals surface area contributed by atoms with Crippen LogP contribution in [0.15, 0.2) is 0 Å². The Morgan fingerprint density at radius 1 is 1.62 bits per heavy atom. The normalized spacial score (nSPS) is 16.3. The van der Waals surface area contributed by atoms with Crippen LogP contribution in [0, 0.1) is 0 Å². The molecular formula is C7H11FN2O3. The van der Waals surface area contributed by atoms with Gasteiger partial charge in [0, 0.05) is 0 Å². The van der Waals surface area contributed by atoms with Crippen molar-refractivity contribution in [1.29, 1.82) is 0 Å². The minimum Gasteiger partial charge on any atom is -0.468 e. The van der Waals surface area contributed by atoms with Gasteiger partial charge in [-0.3, -0.25) is 4.79 Å². The van der Waals surface area contributed by atoms with Crippen molar-refractivity contribution in [3.05, 3.63) is 0 Å². The van der Waals surface area contributed by atoms with Gasteiger partial charge in [-0.15, -0.1) is 0 Å². The highest BCUT2D eigenvalue weighted by atomic mass is 19.1. The van der Waals surface area contributed by atoms with Crippen LogP contribution in [0.1, 0.15) is 0 Å². The Hall–Kier alpha value is -1.33. The van der Waals surface area contributed by atoms with Crippen LogP contribution in [0.5, 0.6) is 0 Å². The molecule has 74 valence electrons. The number of carbonyl (C=O) groups excluding carboxylic acids is 2. The van der Waals surface area contributed by atoms with Gasteiger partial charge in [-0.2, -0.15) is 0 Å². The van der Waals surface area contributed by atoms with E-state index in [0.717, 1.165) is 0 Å². The van der Waals surface area contributed by atoms with Crippen LogP contribution in [0.25, 0.3) is 0 Å². The standard InChI is InChI=1S/C7H11FN2O3/c1-13-6(11)2-9-7(12)10-3-5(8)4-10/h5H,2-4H2,1H3,(H,9,12). The van der Waals surface area contributed by atoms with Crippen LogP contribution >= 0.6 is 0 Å². The number of halogens is 1. The van der Waals surface area contributed by atoms with Gasteiger partial charge in [0.2, 0.25) is 0 Å². The fourth-order valence-corrected chi connectivity index (χ4v) is 0.922. The monoisotopic (exact) mass is 190 g/mol. The molecule has 1 saturated heterocycles. The molecule has 2 amide bonds. The molecule has 0 atom stereocenters. The molecule has 1 fully saturated rings. The maximum atomic E-state index is 12.3. The summed E-state index contributed by atoms with van der Waals surface area (Å²) in [5.74, 6) is -0.523. The average Bonchev–Trinajstić information content (AvgIpc) is 2.08. The van der Waals surface area contributed by atoms with Gasteiger partial charge in [0.05, 0.1) is 20.2 Å². The predicted molar refractivity (Wildman–Crippen MR) is 41.9 cm³/mol. The van der Waals surface area contributed by atoms with Crippen LogP contribution in [0.2, 0.25) is 0 Å². The second-order valence-corrected chi connectivity index (χ2v) is 2.74. The predicted octanol–water partition coefficient (Wildman–Crippen LogP) is -0.477. The zero-order valence-electron chi connectivity index (χ0n) is 7.25. The van der Waals surface area contributed by atoms with E-state index in [1.54, 1.807) is 0 Å². The van der Waals surface area contributed by atoms with Crippen LogP contribution in [0.4, 0.5) is 9.18 Å². The van der Waals surface area contributed by atoms with Gasteiger partial charge in [-0.05, 0) is 0 Å². The smallest absolute Gasteiger partial charge is 0.325 e. The fraction of sp³-hybridized carbons (Fsp3) is 0.714. The summed E-state index contributed by atoms with van der Waals surface area (Å²) in [5.41, 5.74) is 0. The Morgan fingerprint density at radius 2 is 2.23 bits per heavy atom. The lowest BCUT2D eigenvalue weighted by molar-refractivity contribution is -0.139. The molecule has 0 aromatic rings. The number of ether oxygens (including phenoxy) is 1. The number of urea groups is 1. The summed E-state index contributed by atoms with van der Waals surface area (Å²) in [6.45, 7) is 0.0306. The number of methoxy groups -OCH3 is 1.